The van der Waals surface area contributed by atoms with Crippen LogP contribution in [0.15, 0.2) is 12.4 Å². The molecule has 11 heavy (non-hydrogen) atoms. The summed E-state index contributed by atoms with van der Waals surface area (Å²) in [5.74, 6) is 0. The summed E-state index contributed by atoms with van der Waals surface area (Å²) in [5, 5.41) is 4.12. The summed E-state index contributed by atoms with van der Waals surface area (Å²) in [6.45, 7) is 6.71. The predicted molar refractivity (Wildman–Crippen MR) is 46.4 cm³/mol. The van der Waals surface area contributed by atoms with E-state index in [0.717, 1.165) is 6.42 Å². The first kappa shape index (κ1) is 8.31. The first-order valence-corrected chi connectivity index (χ1v) is 3.95. The van der Waals surface area contributed by atoms with Crippen LogP contribution < -0.4 is 0 Å². The van der Waals surface area contributed by atoms with Gasteiger partial charge in [-0.1, -0.05) is 20.8 Å². The van der Waals surface area contributed by atoms with E-state index in [-0.39, 0.29) is 0 Å². The highest BCUT2D eigenvalue weighted by Gasteiger charge is 2.11. The van der Waals surface area contributed by atoms with E-state index in [1.54, 1.807) is 0 Å². The maximum absolute atomic E-state index is 4.12. The zero-order valence-corrected chi connectivity index (χ0v) is 7.76. The van der Waals surface area contributed by atoms with Gasteiger partial charge in [0.1, 0.15) is 0 Å². The number of rotatable bonds is 1. The summed E-state index contributed by atoms with van der Waals surface area (Å²) in [7, 11) is 1.95. The van der Waals surface area contributed by atoms with Crippen molar-refractivity contribution < 1.29 is 0 Å². The van der Waals surface area contributed by atoms with Gasteiger partial charge in [-0.25, -0.2) is 0 Å². The van der Waals surface area contributed by atoms with Crippen molar-refractivity contribution in [2.24, 2.45) is 12.5 Å². The van der Waals surface area contributed by atoms with Crippen LogP contribution in [0.4, 0.5) is 0 Å². The monoisotopic (exact) mass is 152 g/mol. The number of hydrogen-bond donors (Lipinski definition) is 0. The molecule has 0 bridgehead atoms. The summed E-state index contributed by atoms with van der Waals surface area (Å²) in [6.07, 6.45) is 5.11. The highest BCUT2D eigenvalue weighted by atomic mass is 15.2. The van der Waals surface area contributed by atoms with Crippen LogP contribution in [0, 0.1) is 5.41 Å². The fraction of sp³-hybridized carbons (Fsp3) is 0.667. The minimum absolute atomic E-state index is 0.364. The highest BCUT2D eigenvalue weighted by molar-refractivity contribution is 5.05. The molecule has 1 rings (SSSR count). The molecule has 0 aliphatic rings. The van der Waals surface area contributed by atoms with Crippen LogP contribution in [0.25, 0.3) is 0 Å². The second-order valence-corrected chi connectivity index (χ2v) is 4.26. The average Bonchev–Trinajstić information content (AvgIpc) is 2.10. The summed E-state index contributed by atoms with van der Waals surface area (Å²) >= 11 is 0. The van der Waals surface area contributed by atoms with Crippen LogP contribution >= 0.6 is 0 Å². The van der Waals surface area contributed by atoms with Gasteiger partial charge < -0.3 is 0 Å². The van der Waals surface area contributed by atoms with Crippen LogP contribution in [0.5, 0.6) is 0 Å². The molecule has 0 aliphatic heterocycles. The first-order chi connectivity index (χ1) is 4.97. The average molecular weight is 152 g/mol. The van der Waals surface area contributed by atoms with Gasteiger partial charge in [0.25, 0.3) is 0 Å². The predicted octanol–water partition coefficient (Wildman–Crippen LogP) is 2.01. The lowest BCUT2D eigenvalue weighted by Gasteiger charge is -2.15. The molecule has 0 spiro atoms. The first-order valence-electron chi connectivity index (χ1n) is 3.95. The fourth-order valence-electron chi connectivity index (χ4n) is 1.18. The number of hydrogen-bond acceptors (Lipinski definition) is 1. The summed E-state index contributed by atoms with van der Waals surface area (Å²) in [5.41, 5.74) is 1.68. The topological polar surface area (TPSA) is 17.8 Å². The van der Waals surface area contributed by atoms with Gasteiger partial charge in [0.05, 0.1) is 6.20 Å². The van der Waals surface area contributed by atoms with Crippen LogP contribution in [-0.2, 0) is 13.5 Å². The van der Waals surface area contributed by atoms with E-state index in [4.69, 9.17) is 0 Å². The van der Waals surface area contributed by atoms with E-state index < -0.39 is 0 Å². The van der Waals surface area contributed by atoms with Gasteiger partial charge in [-0.2, -0.15) is 5.10 Å². The Morgan fingerprint density at radius 1 is 1.45 bits per heavy atom. The molecule has 0 atom stereocenters. The Morgan fingerprint density at radius 3 is 2.45 bits per heavy atom. The molecule has 0 unspecified atom stereocenters. The third-order valence-corrected chi connectivity index (χ3v) is 1.49. The number of aryl methyl sites for hydroxylation is 1. The molecule has 0 saturated heterocycles. The van der Waals surface area contributed by atoms with E-state index in [9.17, 15) is 0 Å². The zero-order chi connectivity index (χ0) is 8.48. The van der Waals surface area contributed by atoms with E-state index in [2.05, 4.69) is 32.1 Å². The van der Waals surface area contributed by atoms with Gasteiger partial charge >= 0.3 is 0 Å². The molecule has 0 N–H and O–H groups in total. The Morgan fingerprint density at radius 2 is 2.09 bits per heavy atom. The lowest BCUT2D eigenvalue weighted by atomic mass is 9.89. The minimum Gasteiger partial charge on any atom is -0.276 e. The van der Waals surface area contributed by atoms with Gasteiger partial charge in [-0.05, 0) is 17.4 Å². The van der Waals surface area contributed by atoms with Crippen molar-refractivity contribution in [3.8, 4) is 0 Å². The van der Waals surface area contributed by atoms with Crippen molar-refractivity contribution in [3.63, 3.8) is 0 Å². The highest BCUT2D eigenvalue weighted by Crippen LogP contribution is 2.19. The SMILES string of the molecule is Cn1cc(CC(C)(C)C)cn1. The molecular weight excluding hydrogens is 136 g/mol. The normalized spacial score (nSPS) is 12.0. The van der Waals surface area contributed by atoms with Gasteiger partial charge in [0.2, 0.25) is 0 Å². The maximum Gasteiger partial charge on any atom is 0.0521 e. The summed E-state index contributed by atoms with van der Waals surface area (Å²) in [4.78, 5) is 0. The van der Waals surface area contributed by atoms with Crippen LogP contribution in [0.3, 0.4) is 0 Å². The van der Waals surface area contributed by atoms with Crippen molar-refractivity contribution in [3.05, 3.63) is 18.0 Å². The third kappa shape index (κ3) is 2.74. The lowest BCUT2D eigenvalue weighted by Crippen LogP contribution is -2.08. The molecule has 1 aromatic heterocycles. The zero-order valence-electron chi connectivity index (χ0n) is 7.76. The van der Waals surface area contributed by atoms with Crippen molar-refractivity contribution in [2.75, 3.05) is 0 Å². The van der Waals surface area contributed by atoms with E-state index in [1.165, 1.54) is 5.56 Å². The fourth-order valence-corrected chi connectivity index (χ4v) is 1.18. The molecule has 0 fully saturated rings. The Balaban J connectivity index is 2.65. The quantitative estimate of drug-likeness (QED) is 0.602. The second-order valence-electron chi connectivity index (χ2n) is 4.26. The van der Waals surface area contributed by atoms with Gasteiger partial charge in [0.15, 0.2) is 0 Å². The summed E-state index contributed by atoms with van der Waals surface area (Å²) in [6, 6.07) is 0. The third-order valence-electron chi connectivity index (χ3n) is 1.49. The van der Waals surface area contributed by atoms with E-state index >= 15 is 0 Å². The molecular formula is C9H16N2. The lowest BCUT2D eigenvalue weighted by molar-refractivity contribution is 0.411. The van der Waals surface area contributed by atoms with E-state index in [1.807, 2.05) is 17.9 Å². The molecule has 0 saturated carbocycles. The molecule has 62 valence electrons. The Labute approximate surface area is 68.2 Å². The van der Waals surface area contributed by atoms with Crippen molar-refractivity contribution in [2.45, 2.75) is 27.2 Å². The molecule has 2 nitrogen and oxygen atoms in total. The molecule has 2 heteroatoms. The smallest absolute Gasteiger partial charge is 0.0521 e. The molecule has 1 heterocycles. The van der Waals surface area contributed by atoms with Crippen molar-refractivity contribution in [1.82, 2.24) is 9.78 Å². The van der Waals surface area contributed by atoms with Crippen LogP contribution in [0.2, 0.25) is 0 Å². The Hall–Kier alpha value is -0.790. The molecule has 0 aromatic carbocycles. The van der Waals surface area contributed by atoms with Gasteiger partial charge in [-0.3, -0.25) is 4.68 Å². The summed E-state index contributed by atoms with van der Waals surface area (Å²) < 4.78 is 1.85. The van der Waals surface area contributed by atoms with Crippen LogP contribution in [-0.4, -0.2) is 9.78 Å². The number of aromatic nitrogens is 2. The molecule has 0 radical (unpaired) electrons. The molecule has 0 amide bonds. The van der Waals surface area contributed by atoms with Gasteiger partial charge in [-0.15, -0.1) is 0 Å². The standard InChI is InChI=1S/C9H16N2/c1-9(2,3)5-8-6-10-11(4)7-8/h6-7H,5H2,1-4H3. The van der Waals surface area contributed by atoms with Crippen LogP contribution in [0.1, 0.15) is 26.3 Å². The number of nitrogens with zero attached hydrogens (tertiary/aromatic N) is 2. The second kappa shape index (κ2) is 2.68. The molecule has 1 aromatic rings. The Kier molecular flexibility index (Phi) is 2.03. The van der Waals surface area contributed by atoms with Crippen molar-refractivity contribution in [1.29, 1.82) is 0 Å². The van der Waals surface area contributed by atoms with Gasteiger partial charge in [0, 0.05) is 13.2 Å². The molecule has 0 aliphatic carbocycles. The van der Waals surface area contributed by atoms with Crippen molar-refractivity contribution >= 4 is 0 Å². The largest absolute Gasteiger partial charge is 0.276 e. The van der Waals surface area contributed by atoms with E-state index in [0.29, 0.717) is 5.41 Å². The maximum atomic E-state index is 4.12. The Bertz CT molecular complexity index is 230. The minimum atomic E-state index is 0.364.